The van der Waals surface area contributed by atoms with Crippen LogP contribution in [0.3, 0.4) is 0 Å². The second-order valence-electron chi connectivity index (χ2n) is 3.59. The second kappa shape index (κ2) is 2.87. The van der Waals surface area contributed by atoms with Crippen LogP contribution >= 0.6 is 0 Å². The fourth-order valence-corrected chi connectivity index (χ4v) is 1.84. The van der Waals surface area contributed by atoms with Crippen LogP contribution in [0.1, 0.15) is 13.3 Å². The van der Waals surface area contributed by atoms with Crippen molar-refractivity contribution in [2.24, 2.45) is 0 Å². The Morgan fingerprint density at radius 2 is 2.23 bits per heavy atom. The van der Waals surface area contributed by atoms with Crippen LogP contribution < -0.4 is 0 Å². The SMILES string of the molecule is CC1=C2CC=CC=C2[N+](C)=CN1C. The third kappa shape index (κ3) is 1.22. The monoisotopic (exact) mass is 175 g/mol. The van der Waals surface area contributed by atoms with Crippen LogP contribution in [0.25, 0.3) is 0 Å². The van der Waals surface area contributed by atoms with Crippen molar-refractivity contribution in [3.05, 3.63) is 35.2 Å². The maximum absolute atomic E-state index is 2.20. The van der Waals surface area contributed by atoms with Gasteiger partial charge in [0.1, 0.15) is 11.4 Å². The molecule has 0 aromatic rings. The van der Waals surface area contributed by atoms with Gasteiger partial charge in [0.2, 0.25) is 6.34 Å². The summed E-state index contributed by atoms with van der Waals surface area (Å²) in [6.45, 7) is 2.17. The molecule has 68 valence electrons. The molecule has 0 amide bonds. The number of fused-ring (bicyclic) bond motifs is 1. The zero-order valence-electron chi connectivity index (χ0n) is 8.41. The van der Waals surface area contributed by atoms with Gasteiger partial charge in [-0.05, 0) is 19.4 Å². The summed E-state index contributed by atoms with van der Waals surface area (Å²) in [6.07, 6.45) is 9.67. The first kappa shape index (κ1) is 8.30. The van der Waals surface area contributed by atoms with E-state index >= 15 is 0 Å². The van der Waals surface area contributed by atoms with Gasteiger partial charge in [0.15, 0.2) is 0 Å². The number of nitrogens with zero attached hydrogens (tertiary/aromatic N) is 2. The molecule has 0 radical (unpaired) electrons. The predicted octanol–water partition coefficient (Wildman–Crippen LogP) is 1.72. The lowest BCUT2D eigenvalue weighted by Crippen LogP contribution is -2.29. The van der Waals surface area contributed by atoms with E-state index in [4.69, 9.17) is 0 Å². The van der Waals surface area contributed by atoms with E-state index in [2.05, 4.69) is 55.1 Å². The zero-order valence-corrected chi connectivity index (χ0v) is 8.41. The summed E-state index contributed by atoms with van der Waals surface area (Å²) >= 11 is 0. The molecule has 0 saturated carbocycles. The molecule has 2 aliphatic rings. The van der Waals surface area contributed by atoms with E-state index in [-0.39, 0.29) is 0 Å². The van der Waals surface area contributed by atoms with Gasteiger partial charge >= 0.3 is 0 Å². The van der Waals surface area contributed by atoms with Crippen LogP contribution in [0.15, 0.2) is 35.2 Å². The summed E-state index contributed by atoms with van der Waals surface area (Å²) < 4.78 is 2.17. The van der Waals surface area contributed by atoms with Crippen LogP contribution in [0.5, 0.6) is 0 Å². The minimum atomic E-state index is 1.06. The largest absolute Gasteiger partial charge is 0.243 e. The average molecular weight is 175 g/mol. The lowest BCUT2D eigenvalue weighted by molar-refractivity contribution is -0.442. The Balaban J connectivity index is 2.52. The van der Waals surface area contributed by atoms with Gasteiger partial charge in [-0.2, -0.15) is 0 Å². The quantitative estimate of drug-likeness (QED) is 0.508. The Kier molecular flexibility index (Phi) is 1.83. The van der Waals surface area contributed by atoms with Gasteiger partial charge in [0.25, 0.3) is 0 Å². The molecule has 2 nitrogen and oxygen atoms in total. The highest BCUT2D eigenvalue weighted by atomic mass is 15.2. The molecule has 1 aliphatic heterocycles. The molecule has 0 saturated heterocycles. The molecule has 0 aromatic carbocycles. The highest BCUT2D eigenvalue weighted by Crippen LogP contribution is 2.26. The van der Waals surface area contributed by atoms with Gasteiger partial charge in [0.05, 0.1) is 14.1 Å². The molecule has 0 spiro atoms. The molecule has 0 bridgehead atoms. The van der Waals surface area contributed by atoms with Crippen LogP contribution in [0.4, 0.5) is 0 Å². The molecule has 0 aromatic heterocycles. The standard InChI is InChI=1S/C11H15N2/c1-9-10-6-4-5-7-11(10)13(3)8-12(9)2/h4-5,7-8H,6H2,1-3H3/q+1. The first-order valence-corrected chi connectivity index (χ1v) is 4.58. The molecular weight excluding hydrogens is 160 g/mol. The Hall–Kier alpha value is -1.31. The van der Waals surface area contributed by atoms with Gasteiger partial charge < -0.3 is 0 Å². The molecule has 2 heteroatoms. The summed E-state index contributed by atoms with van der Waals surface area (Å²) in [5, 5.41) is 0. The summed E-state index contributed by atoms with van der Waals surface area (Å²) in [6, 6.07) is 0. The minimum Gasteiger partial charge on any atom is -0.240 e. The first-order chi connectivity index (χ1) is 6.20. The van der Waals surface area contributed by atoms with Gasteiger partial charge in [-0.15, -0.1) is 0 Å². The maximum Gasteiger partial charge on any atom is 0.243 e. The average Bonchev–Trinajstić information content (AvgIpc) is 2.15. The van der Waals surface area contributed by atoms with Crippen LogP contribution in [0, 0.1) is 0 Å². The minimum absolute atomic E-state index is 1.06. The van der Waals surface area contributed by atoms with Crippen molar-refractivity contribution in [3.63, 3.8) is 0 Å². The van der Waals surface area contributed by atoms with Crippen molar-refractivity contribution < 1.29 is 4.58 Å². The number of likely N-dealkylation sites (N-methyl/N-ethyl adjacent to an activating group) is 1. The summed E-state index contributed by atoms with van der Waals surface area (Å²) in [5.41, 5.74) is 4.13. The van der Waals surface area contributed by atoms with Crippen molar-refractivity contribution in [2.75, 3.05) is 14.1 Å². The number of hydrogen-bond donors (Lipinski definition) is 0. The number of hydrogen-bond acceptors (Lipinski definition) is 1. The summed E-state index contributed by atoms with van der Waals surface area (Å²) in [4.78, 5) is 2.17. The van der Waals surface area contributed by atoms with E-state index in [0.29, 0.717) is 0 Å². The maximum atomic E-state index is 2.20. The first-order valence-electron chi connectivity index (χ1n) is 4.58. The molecule has 0 fully saturated rings. The number of rotatable bonds is 0. The molecular formula is C11H15N2+. The molecule has 0 atom stereocenters. The van der Waals surface area contributed by atoms with E-state index < -0.39 is 0 Å². The summed E-state index contributed by atoms with van der Waals surface area (Å²) in [5.74, 6) is 0. The Morgan fingerprint density at radius 1 is 1.46 bits per heavy atom. The lowest BCUT2D eigenvalue weighted by Gasteiger charge is -2.22. The van der Waals surface area contributed by atoms with Gasteiger partial charge in [-0.1, -0.05) is 12.2 Å². The third-order valence-electron chi connectivity index (χ3n) is 2.71. The van der Waals surface area contributed by atoms with E-state index in [9.17, 15) is 0 Å². The molecule has 1 aliphatic carbocycles. The fraction of sp³-hybridized carbons (Fsp3) is 0.364. The van der Waals surface area contributed by atoms with Gasteiger partial charge in [-0.3, -0.25) is 0 Å². The Labute approximate surface area is 79.2 Å². The highest BCUT2D eigenvalue weighted by molar-refractivity contribution is 5.58. The van der Waals surface area contributed by atoms with Gasteiger partial charge in [0, 0.05) is 5.57 Å². The second-order valence-corrected chi connectivity index (χ2v) is 3.59. The van der Waals surface area contributed by atoms with Crippen molar-refractivity contribution in [3.8, 4) is 0 Å². The van der Waals surface area contributed by atoms with E-state index in [1.54, 1.807) is 0 Å². The fourth-order valence-electron chi connectivity index (χ4n) is 1.84. The van der Waals surface area contributed by atoms with E-state index in [1.165, 1.54) is 17.0 Å². The highest BCUT2D eigenvalue weighted by Gasteiger charge is 2.24. The van der Waals surface area contributed by atoms with Crippen LogP contribution in [-0.2, 0) is 0 Å². The van der Waals surface area contributed by atoms with E-state index in [1.807, 2.05) is 0 Å². The zero-order chi connectivity index (χ0) is 9.42. The molecule has 0 N–H and O–H groups in total. The summed E-state index contributed by atoms with van der Waals surface area (Å²) in [7, 11) is 4.18. The number of allylic oxidation sites excluding steroid dienone is 5. The third-order valence-corrected chi connectivity index (χ3v) is 2.71. The topological polar surface area (TPSA) is 6.25 Å². The van der Waals surface area contributed by atoms with Crippen LogP contribution in [-0.4, -0.2) is 29.9 Å². The Bertz CT molecular complexity index is 356. The van der Waals surface area contributed by atoms with E-state index in [0.717, 1.165) is 6.42 Å². The molecule has 1 heterocycles. The Morgan fingerprint density at radius 3 is 3.00 bits per heavy atom. The molecule has 0 unspecified atom stereocenters. The van der Waals surface area contributed by atoms with Crippen molar-refractivity contribution >= 4 is 6.34 Å². The van der Waals surface area contributed by atoms with Gasteiger partial charge in [-0.25, -0.2) is 9.48 Å². The van der Waals surface area contributed by atoms with Crippen LogP contribution in [0.2, 0.25) is 0 Å². The lowest BCUT2D eigenvalue weighted by atomic mass is 10.0. The van der Waals surface area contributed by atoms with Crippen molar-refractivity contribution in [1.82, 2.24) is 4.90 Å². The van der Waals surface area contributed by atoms with Crippen molar-refractivity contribution in [2.45, 2.75) is 13.3 Å². The smallest absolute Gasteiger partial charge is 0.240 e. The normalized spacial score (nSPS) is 21.3. The van der Waals surface area contributed by atoms with Crippen molar-refractivity contribution in [1.29, 1.82) is 0 Å². The molecule has 2 rings (SSSR count). The molecule has 13 heavy (non-hydrogen) atoms. The predicted molar refractivity (Wildman–Crippen MR) is 54.6 cm³/mol.